The summed E-state index contributed by atoms with van der Waals surface area (Å²) in [5.41, 5.74) is 1.09. The molecule has 0 saturated carbocycles. The number of rotatable bonds is 7. The number of benzene rings is 2. The van der Waals surface area contributed by atoms with Crippen molar-refractivity contribution < 1.29 is 13.9 Å². The highest BCUT2D eigenvalue weighted by atomic mass is 32.1. The highest BCUT2D eigenvalue weighted by molar-refractivity contribution is 7.80. The number of halogens is 1. The monoisotopic (exact) mass is 362 g/mol. The predicted molar refractivity (Wildman–Crippen MR) is 102 cm³/mol. The summed E-state index contributed by atoms with van der Waals surface area (Å²) in [6, 6.07) is 13.9. The molecule has 1 unspecified atom stereocenters. The summed E-state index contributed by atoms with van der Waals surface area (Å²) >= 11 is 5.17. The minimum atomic E-state index is -0.270. The molecule has 2 aromatic carbocycles. The molecule has 2 aromatic rings. The Hall–Kier alpha value is -2.18. The van der Waals surface area contributed by atoms with Crippen LogP contribution in [0, 0.1) is 5.82 Å². The summed E-state index contributed by atoms with van der Waals surface area (Å²) in [5.74, 6) is 1.09. The lowest BCUT2D eigenvalue weighted by Gasteiger charge is -2.19. The molecule has 0 aliphatic heterocycles. The quantitative estimate of drug-likeness (QED) is 0.758. The normalized spacial score (nSPS) is 11.7. The molecule has 0 bridgehead atoms. The van der Waals surface area contributed by atoms with Gasteiger partial charge in [0.2, 0.25) is 0 Å². The van der Waals surface area contributed by atoms with Crippen LogP contribution in [0.15, 0.2) is 48.5 Å². The fraction of sp³-hybridized carbons (Fsp3) is 0.316. The van der Waals surface area contributed by atoms with Crippen LogP contribution in [0.5, 0.6) is 11.5 Å². The van der Waals surface area contributed by atoms with Crippen molar-refractivity contribution in [3.8, 4) is 11.5 Å². The van der Waals surface area contributed by atoms with Gasteiger partial charge in [0.1, 0.15) is 17.3 Å². The minimum absolute atomic E-state index is 0.108. The third-order valence-corrected chi connectivity index (χ3v) is 4.12. The molecule has 0 spiro atoms. The van der Waals surface area contributed by atoms with Gasteiger partial charge in [0.05, 0.1) is 6.61 Å². The maximum Gasteiger partial charge on any atom is 0.264 e. The van der Waals surface area contributed by atoms with E-state index in [1.165, 1.54) is 12.1 Å². The number of hydrogen-bond acceptors (Lipinski definition) is 4. The zero-order valence-electron chi connectivity index (χ0n) is 14.7. The standard InChI is InChI=1S/C19H23FN2O2S/c1-21-18(11-12-23-16-9-7-15(20)8-10-16)14-5-4-6-17(13-14)24-19(25)22(2)3/h4-10,13,18,21H,11-12H2,1-3H3. The number of nitrogens with zero attached hydrogens (tertiary/aromatic N) is 1. The molecular weight excluding hydrogens is 339 g/mol. The fourth-order valence-corrected chi connectivity index (χ4v) is 2.39. The van der Waals surface area contributed by atoms with Gasteiger partial charge in [-0.25, -0.2) is 4.39 Å². The van der Waals surface area contributed by atoms with Crippen molar-refractivity contribution in [2.45, 2.75) is 12.5 Å². The van der Waals surface area contributed by atoms with Gasteiger partial charge in [0, 0.05) is 26.6 Å². The van der Waals surface area contributed by atoms with E-state index in [4.69, 9.17) is 21.7 Å². The van der Waals surface area contributed by atoms with Gasteiger partial charge in [-0.05, 0) is 61.2 Å². The molecule has 0 amide bonds. The number of hydrogen-bond donors (Lipinski definition) is 1. The Morgan fingerprint density at radius 3 is 2.52 bits per heavy atom. The average Bonchev–Trinajstić information content (AvgIpc) is 2.60. The Morgan fingerprint density at radius 1 is 1.16 bits per heavy atom. The first-order valence-corrected chi connectivity index (χ1v) is 8.45. The van der Waals surface area contributed by atoms with Crippen LogP contribution >= 0.6 is 12.2 Å². The van der Waals surface area contributed by atoms with Crippen molar-refractivity contribution >= 4 is 17.4 Å². The van der Waals surface area contributed by atoms with Gasteiger partial charge in [-0.15, -0.1) is 0 Å². The van der Waals surface area contributed by atoms with Crippen molar-refractivity contribution in [1.82, 2.24) is 10.2 Å². The van der Waals surface area contributed by atoms with Crippen molar-refractivity contribution in [1.29, 1.82) is 0 Å². The maximum absolute atomic E-state index is 12.9. The van der Waals surface area contributed by atoms with E-state index in [0.717, 1.165) is 12.0 Å². The van der Waals surface area contributed by atoms with Gasteiger partial charge in [-0.1, -0.05) is 12.1 Å². The maximum atomic E-state index is 12.9. The molecule has 1 N–H and O–H groups in total. The van der Waals surface area contributed by atoms with E-state index < -0.39 is 0 Å². The molecule has 0 saturated heterocycles. The molecule has 25 heavy (non-hydrogen) atoms. The minimum Gasteiger partial charge on any atom is -0.494 e. The van der Waals surface area contributed by atoms with E-state index in [1.54, 1.807) is 17.0 Å². The Kier molecular flexibility index (Phi) is 7.16. The zero-order valence-corrected chi connectivity index (χ0v) is 15.5. The lowest BCUT2D eigenvalue weighted by Crippen LogP contribution is -2.25. The second kappa shape index (κ2) is 9.34. The molecule has 134 valence electrons. The summed E-state index contributed by atoms with van der Waals surface area (Å²) in [5, 5.41) is 3.69. The molecule has 1 atom stereocenters. The van der Waals surface area contributed by atoms with E-state index >= 15 is 0 Å². The number of thiocarbonyl (C=S) groups is 1. The molecule has 6 heteroatoms. The molecule has 0 radical (unpaired) electrons. The van der Waals surface area contributed by atoms with Crippen molar-refractivity contribution in [3.63, 3.8) is 0 Å². The first kappa shape index (κ1) is 19.1. The summed E-state index contributed by atoms with van der Waals surface area (Å²) in [6.07, 6.45) is 0.759. The van der Waals surface area contributed by atoms with Gasteiger partial charge in [-0.2, -0.15) is 0 Å². The van der Waals surface area contributed by atoms with Crippen molar-refractivity contribution in [2.24, 2.45) is 0 Å². The van der Waals surface area contributed by atoms with Gasteiger partial charge >= 0.3 is 0 Å². The van der Waals surface area contributed by atoms with E-state index in [2.05, 4.69) is 5.32 Å². The Balaban J connectivity index is 1.95. The van der Waals surface area contributed by atoms with Crippen LogP contribution in [0.3, 0.4) is 0 Å². The summed E-state index contributed by atoms with van der Waals surface area (Å²) in [7, 11) is 5.59. The second-order valence-electron chi connectivity index (χ2n) is 5.77. The molecule has 0 fully saturated rings. The molecule has 2 rings (SSSR count). The Labute approximate surface area is 153 Å². The van der Waals surface area contributed by atoms with Crippen LogP contribution < -0.4 is 14.8 Å². The van der Waals surface area contributed by atoms with Crippen LogP contribution in [-0.2, 0) is 0 Å². The third kappa shape index (κ3) is 5.99. The lowest BCUT2D eigenvalue weighted by atomic mass is 10.0. The zero-order chi connectivity index (χ0) is 18.2. The summed E-state index contributed by atoms with van der Waals surface area (Å²) in [4.78, 5) is 1.74. The van der Waals surface area contributed by atoms with Crippen LogP contribution in [0.4, 0.5) is 4.39 Å². The van der Waals surface area contributed by atoms with Gasteiger partial charge in [-0.3, -0.25) is 0 Å². The first-order valence-electron chi connectivity index (χ1n) is 8.04. The van der Waals surface area contributed by atoms with Gasteiger partial charge in [0.15, 0.2) is 0 Å². The van der Waals surface area contributed by atoms with Crippen molar-refractivity contribution in [2.75, 3.05) is 27.7 Å². The van der Waals surface area contributed by atoms with E-state index in [-0.39, 0.29) is 11.9 Å². The van der Waals surface area contributed by atoms with Crippen molar-refractivity contribution in [3.05, 3.63) is 59.9 Å². The van der Waals surface area contributed by atoms with Crippen LogP contribution in [0.2, 0.25) is 0 Å². The Morgan fingerprint density at radius 2 is 1.88 bits per heavy atom. The lowest BCUT2D eigenvalue weighted by molar-refractivity contribution is 0.289. The highest BCUT2D eigenvalue weighted by Crippen LogP contribution is 2.22. The highest BCUT2D eigenvalue weighted by Gasteiger charge is 2.11. The average molecular weight is 362 g/mol. The second-order valence-corrected chi connectivity index (χ2v) is 6.12. The van der Waals surface area contributed by atoms with E-state index in [9.17, 15) is 4.39 Å². The molecule has 0 aromatic heterocycles. The van der Waals surface area contributed by atoms with Gasteiger partial charge < -0.3 is 19.7 Å². The topological polar surface area (TPSA) is 33.7 Å². The van der Waals surface area contributed by atoms with Crippen LogP contribution in [0.25, 0.3) is 0 Å². The van der Waals surface area contributed by atoms with Gasteiger partial charge in [0.25, 0.3) is 5.17 Å². The SMILES string of the molecule is CNC(CCOc1ccc(F)cc1)c1cccc(OC(=S)N(C)C)c1. The van der Waals surface area contributed by atoms with E-state index in [1.807, 2.05) is 45.4 Å². The predicted octanol–water partition coefficient (Wildman–Crippen LogP) is 3.78. The molecule has 0 aliphatic rings. The smallest absolute Gasteiger partial charge is 0.264 e. The number of ether oxygens (including phenoxy) is 2. The fourth-order valence-electron chi connectivity index (χ4n) is 2.29. The third-order valence-electron chi connectivity index (χ3n) is 3.67. The molecule has 4 nitrogen and oxygen atoms in total. The number of nitrogens with one attached hydrogen (secondary N) is 1. The molecular formula is C19H23FN2O2S. The Bertz CT molecular complexity index is 692. The van der Waals surface area contributed by atoms with Crippen LogP contribution in [0.1, 0.15) is 18.0 Å². The van der Waals surface area contributed by atoms with E-state index in [0.29, 0.717) is 23.3 Å². The molecule has 0 aliphatic carbocycles. The molecule has 0 heterocycles. The van der Waals surface area contributed by atoms with Crippen LogP contribution in [-0.4, -0.2) is 37.8 Å². The summed E-state index contributed by atoms with van der Waals surface area (Å²) in [6.45, 7) is 0.512. The largest absolute Gasteiger partial charge is 0.494 e. The summed E-state index contributed by atoms with van der Waals surface area (Å²) < 4.78 is 24.2. The first-order chi connectivity index (χ1) is 12.0.